The van der Waals surface area contributed by atoms with E-state index in [1.807, 2.05) is 0 Å². The number of aryl methyl sites for hydroxylation is 3. The summed E-state index contributed by atoms with van der Waals surface area (Å²) in [4.78, 5) is 0. The summed E-state index contributed by atoms with van der Waals surface area (Å²) >= 11 is -0.0770. The van der Waals surface area contributed by atoms with Crippen LogP contribution in [0.5, 0.6) is 0 Å². The van der Waals surface area contributed by atoms with E-state index < -0.39 is 15.6 Å². The Bertz CT molecular complexity index is 890. The Morgan fingerprint density at radius 3 is 1.61 bits per heavy atom. The third-order valence-corrected chi connectivity index (χ3v) is 7.93. The van der Waals surface area contributed by atoms with Crippen molar-refractivity contribution < 1.29 is 47.3 Å². The predicted molar refractivity (Wildman–Crippen MR) is 98.9 cm³/mol. The molecule has 0 saturated carbocycles. The minimum atomic E-state index is -6.09. The summed E-state index contributed by atoms with van der Waals surface area (Å²) in [5, 5.41) is 0. The highest BCUT2D eigenvalue weighted by Crippen LogP contribution is 2.21. The van der Waals surface area contributed by atoms with E-state index in [2.05, 4.69) is 77.9 Å². The Kier molecular flexibility index (Phi) is 8.12. The van der Waals surface area contributed by atoms with E-state index in [-0.39, 0.29) is 26.6 Å². The number of halogens is 4. The summed E-state index contributed by atoms with van der Waals surface area (Å²) in [5.74, 6) is 0. The zero-order chi connectivity index (χ0) is 21.9. The van der Waals surface area contributed by atoms with E-state index in [4.69, 9.17) is 13.0 Å². The molecule has 0 aliphatic heterocycles. The van der Waals surface area contributed by atoms with Gasteiger partial charge in [0.05, 0.1) is 0 Å². The molecule has 2 aromatic rings. The van der Waals surface area contributed by atoms with Crippen molar-refractivity contribution in [2.75, 3.05) is 0 Å². The molecule has 0 unspecified atom stereocenters. The fourth-order valence-corrected chi connectivity index (χ4v) is 4.94. The molecule has 0 spiro atoms. The van der Waals surface area contributed by atoms with E-state index in [0.29, 0.717) is 0 Å². The van der Waals surface area contributed by atoms with Crippen molar-refractivity contribution in [2.45, 2.75) is 52.5 Å². The summed E-state index contributed by atoms with van der Waals surface area (Å²) in [5.41, 5.74) is 0.295. The van der Waals surface area contributed by atoms with Crippen molar-refractivity contribution in [2.24, 2.45) is 0 Å². The predicted octanol–water partition coefficient (Wildman–Crippen LogP) is 2.09. The third kappa shape index (κ3) is 7.36. The minimum Gasteiger partial charge on any atom is -0.741 e. The molecule has 0 amide bonds. The van der Waals surface area contributed by atoms with Gasteiger partial charge in [-0.2, -0.15) is 13.2 Å². The quantitative estimate of drug-likeness (QED) is 0.341. The summed E-state index contributed by atoms with van der Waals surface area (Å²) < 4.78 is 62.0. The molecule has 0 aromatic heterocycles. The van der Waals surface area contributed by atoms with Gasteiger partial charge in [0.2, 0.25) is 0 Å². The maximum Gasteiger partial charge on any atom is 0.485 e. The zero-order valence-electron chi connectivity index (χ0n) is 16.6. The smallest absolute Gasteiger partial charge is 0.485 e. The molecule has 0 atom stereocenters. The van der Waals surface area contributed by atoms with Gasteiger partial charge >= 0.3 is 26.7 Å². The molecule has 0 heterocycles. The number of rotatable bonds is 2. The summed E-state index contributed by atoms with van der Waals surface area (Å²) in [6, 6.07) is 13.9. The maximum absolute atomic E-state index is 10.7. The Morgan fingerprint density at radius 1 is 0.893 bits per heavy atom. The first-order valence-electron chi connectivity index (χ1n) is 8.38. The molecule has 28 heavy (non-hydrogen) atoms. The van der Waals surface area contributed by atoms with Crippen LogP contribution in [-0.2, 0) is 15.5 Å². The zero-order valence-corrected chi connectivity index (χ0v) is 19.6. The molecule has 0 saturated heterocycles. The van der Waals surface area contributed by atoms with Crippen LogP contribution in [0.4, 0.5) is 13.2 Å². The van der Waals surface area contributed by atoms with Crippen molar-refractivity contribution in [3.05, 3.63) is 65.8 Å². The molecule has 0 aliphatic carbocycles. The normalized spacial score (nSPS) is 12.4. The fourth-order valence-electron chi connectivity index (χ4n) is 2.43. The van der Waals surface area contributed by atoms with Gasteiger partial charge in [0.15, 0.2) is 17.3 Å². The highest BCUT2D eigenvalue weighted by molar-refractivity contribution is 7.86. The standard InChI is InChI=1S/C19H24I.CHF3O3S/c1-13-11-14(2)18(15(3)12-13)20-17-9-7-16(8-10-17)19(4,5)6;2-1(3,4)8(5,6)7/h7-12H,1-6H3;(H,5,6,7)/q+1;/p-1. The summed E-state index contributed by atoms with van der Waals surface area (Å²) in [7, 11) is -6.09. The van der Waals surface area contributed by atoms with Gasteiger partial charge in [0.25, 0.3) is 0 Å². The third-order valence-electron chi connectivity index (χ3n) is 3.78. The van der Waals surface area contributed by atoms with Gasteiger partial charge in [-0.15, -0.1) is 0 Å². The van der Waals surface area contributed by atoms with Gasteiger partial charge in [-0.25, -0.2) is 8.42 Å². The van der Waals surface area contributed by atoms with Crippen LogP contribution in [0, 0.1) is 27.9 Å². The van der Waals surface area contributed by atoms with Gasteiger partial charge in [-0.05, 0) is 43.9 Å². The number of hydrogen-bond donors (Lipinski definition) is 0. The van der Waals surface area contributed by atoms with Gasteiger partial charge in [0.1, 0.15) is 0 Å². The lowest BCUT2D eigenvalue weighted by Gasteiger charge is -2.18. The van der Waals surface area contributed by atoms with Crippen molar-refractivity contribution in [1.82, 2.24) is 0 Å². The van der Waals surface area contributed by atoms with Crippen LogP contribution in [0.3, 0.4) is 0 Å². The number of alkyl halides is 3. The highest BCUT2D eigenvalue weighted by Gasteiger charge is 2.36. The maximum atomic E-state index is 10.7. The Labute approximate surface area is 175 Å². The van der Waals surface area contributed by atoms with Crippen molar-refractivity contribution in [3.8, 4) is 0 Å². The lowest BCUT2D eigenvalue weighted by Crippen LogP contribution is -3.62. The summed E-state index contributed by atoms with van der Waals surface area (Å²) in [6.45, 7) is 13.5. The minimum absolute atomic E-state index is 0.0770. The second-order valence-corrected chi connectivity index (χ2v) is 11.7. The van der Waals surface area contributed by atoms with Gasteiger partial charge in [0, 0.05) is 11.1 Å². The van der Waals surface area contributed by atoms with E-state index in [1.54, 1.807) is 3.57 Å². The van der Waals surface area contributed by atoms with Crippen molar-refractivity contribution in [3.63, 3.8) is 0 Å². The Balaban J connectivity index is 0.000000416. The first-order chi connectivity index (χ1) is 12.5. The highest BCUT2D eigenvalue weighted by atomic mass is 127. The lowest BCUT2D eigenvalue weighted by atomic mass is 9.87. The average Bonchev–Trinajstić information content (AvgIpc) is 2.49. The topological polar surface area (TPSA) is 57.2 Å². The van der Waals surface area contributed by atoms with Crippen LogP contribution >= 0.6 is 0 Å². The fraction of sp³-hybridized carbons (Fsp3) is 0.400. The monoisotopic (exact) mass is 528 g/mol. The Hall–Kier alpha value is -1.13. The molecule has 0 radical (unpaired) electrons. The molecule has 2 rings (SSSR count). The number of hydrogen-bond acceptors (Lipinski definition) is 3. The SMILES string of the molecule is Cc1cc(C)c([I+]c2ccc(C(C)(C)C)cc2)c(C)c1.O=S(=O)([O-])C(F)(F)F. The second-order valence-electron chi connectivity index (χ2n) is 7.46. The molecule has 8 heteroatoms. The molecule has 2 aromatic carbocycles. The first-order valence-corrected chi connectivity index (χ1v) is 11.9. The molecule has 0 fully saturated rings. The van der Waals surface area contributed by atoms with Crippen LogP contribution in [0.25, 0.3) is 0 Å². The van der Waals surface area contributed by atoms with Gasteiger partial charge < -0.3 is 4.55 Å². The lowest BCUT2D eigenvalue weighted by molar-refractivity contribution is -0.598. The van der Waals surface area contributed by atoms with E-state index >= 15 is 0 Å². The Morgan fingerprint density at radius 2 is 1.29 bits per heavy atom. The van der Waals surface area contributed by atoms with Crippen LogP contribution in [0.15, 0.2) is 36.4 Å². The van der Waals surface area contributed by atoms with Crippen LogP contribution in [0.2, 0.25) is 0 Å². The average molecular weight is 528 g/mol. The molecule has 156 valence electrons. The van der Waals surface area contributed by atoms with Crippen LogP contribution < -0.4 is 21.2 Å². The largest absolute Gasteiger partial charge is 0.741 e. The van der Waals surface area contributed by atoms with Gasteiger partial charge in [-0.3, -0.25) is 0 Å². The first kappa shape index (κ1) is 24.9. The van der Waals surface area contributed by atoms with E-state index in [0.717, 1.165) is 0 Å². The van der Waals surface area contributed by atoms with Crippen LogP contribution in [-0.4, -0.2) is 18.5 Å². The molecular weight excluding hydrogens is 504 g/mol. The molecular formula is C20H24F3IO3S. The van der Waals surface area contributed by atoms with Crippen molar-refractivity contribution in [1.29, 1.82) is 0 Å². The van der Waals surface area contributed by atoms with E-state index in [9.17, 15) is 13.2 Å². The number of benzene rings is 2. The van der Waals surface area contributed by atoms with Crippen LogP contribution in [0.1, 0.15) is 43.0 Å². The second kappa shape index (κ2) is 9.13. The molecule has 0 aliphatic rings. The van der Waals surface area contributed by atoms with Crippen molar-refractivity contribution >= 4 is 10.1 Å². The molecule has 0 N–H and O–H groups in total. The molecule has 0 bridgehead atoms. The van der Waals surface area contributed by atoms with E-state index in [1.165, 1.54) is 25.8 Å². The molecule has 3 nitrogen and oxygen atoms in total. The summed E-state index contributed by atoms with van der Waals surface area (Å²) in [6.07, 6.45) is 0. The van der Waals surface area contributed by atoms with Gasteiger partial charge in [-0.1, -0.05) is 50.6 Å².